The summed E-state index contributed by atoms with van der Waals surface area (Å²) in [6.45, 7) is 3.39. The smallest absolute Gasteiger partial charge is 0.130 e. The summed E-state index contributed by atoms with van der Waals surface area (Å²) in [5, 5.41) is 3.18. The van der Waals surface area contributed by atoms with Crippen LogP contribution in [0.1, 0.15) is 31.7 Å². The minimum Gasteiger partial charge on any atom is -0.312 e. The molecule has 1 aromatic carbocycles. The number of hydrogen-bond acceptors (Lipinski definition) is 1. The van der Waals surface area contributed by atoms with Crippen LogP contribution in [0.25, 0.3) is 0 Å². The highest BCUT2D eigenvalue weighted by atomic mass is 19.1. The van der Waals surface area contributed by atoms with Gasteiger partial charge in [0.15, 0.2) is 0 Å². The number of benzene rings is 1. The molecule has 17 heavy (non-hydrogen) atoms. The Hall–Kier alpha value is -0.960. The average Bonchev–Trinajstić information content (AvgIpc) is 2.69. The molecule has 2 rings (SSSR count). The van der Waals surface area contributed by atoms with Crippen LogP contribution in [0, 0.1) is 23.5 Å². The molecule has 0 saturated heterocycles. The number of halogens is 2. The largest absolute Gasteiger partial charge is 0.312 e. The maximum absolute atomic E-state index is 13.3. The molecule has 0 radical (unpaired) electrons. The van der Waals surface area contributed by atoms with Crippen molar-refractivity contribution in [2.75, 3.05) is 6.54 Å². The summed E-state index contributed by atoms with van der Waals surface area (Å²) >= 11 is 0. The van der Waals surface area contributed by atoms with Crippen molar-refractivity contribution < 1.29 is 8.78 Å². The van der Waals surface area contributed by atoms with Gasteiger partial charge in [-0.2, -0.15) is 0 Å². The molecule has 0 heterocycles. The predicted molar refractivity (Wildman–Crippen MR) is 64.6 cm³/mol. The third kappa shape index (κ3) is 3.03. The van der Waals surface area contributed by atoms with Crippen molar-refractivity contribution >= 4 is 0 Å². The van der Waals surface area contributed by atoms with Crippen LogP contribution in [0.3, 0.4) is 0 Å². The molecule has 3 heteroatoms. The predicted octanol–water partition coefficient (Wildman–Crippen LogP) is 3.49. The molecule has 0 aliphatic heterocycles. The second-order valence-corrected chi connectivity index (χ2v) is 5.00. The molecule has 94 valence electrons. The average molecular weight is 239 g/mol. The molecule has 1 fully saturated rings. The topological polar surface area (TPSA) is 12.0 Å². The summed E-state index contributed by atoms with van der Waals surface area (Å²) in [7, 11) is 0. The van der Waals surface area contributed by atoms with E-state index in [1.165, 1.54) is 37.5 Å². The van der Waals surface area contributed by atoms with Gasteiger partial charge in [0.1, 0.15) is 11.6 Å². The van der Waals surface area contributed by atoms with Crippen molar-refractivity contribution in [2.45, 2.75) is 32.7 Å². The molecule has 1 aliphatic rings. The molecule has 0 spiro atoms. The lowest BCUT2D eigenvalue weighted by Gasteiger charge is -2.16. The Labute approximate surface area is 101 Å². The molecule has 1 nitrogen and oxygen atoms in total. The van der Waals surface area contributed by atoms with Gasteiger partial charge in [-0.25, -0.2) is 8.78 Å². The second-order valence-electron chi connectivity index (χ2n) is 5.00. The van der Waals surface area contributed by atoms with E-state index in [1.807, 2.05) is 0 Å². The summed E-state index contributed by atoms with van der Waals surface area (Å²) < 4.78 is 26.7. The third-order valence-electron chi connectivity index (χ3n) is 3.81. The Morgan fingerprint density at radius 1 is 1.24 bits per heavy atom. The molecule has 0 bridgehead atoms. The normalized spacial score (nSPS) is 24.2. The van der Waals surface area contributed by atoms with Gasteiger partial charge in [-0.15, -0.1) is 0 Å². The van der Waals surface area contributed by atoms with Crippen molar-refractivity contribution in [1.82, 2.24) is 5.32 Å². The van der Waals surface area contributed by atoms with E-state index in [1.54, 1.807) is 0 Å². The molecule has 0 aromatic heterocycles. The molecular weight excluding hydrogens is 220 g/mol. The highest BCUT2D eigenvalue weighted by Crippen LogP contribution is 2.30. The summed E-state index contributed by atoms with van der Waals surface area (Å²) in [6.07, 6.45) is 3.79. The van der Waals surface area contributed by atoms with E-state index in [4.69, 9.17) is 0 Å². The fourth-order valence-corrected chi connectivity index (χ4v) is 2.61. The molecule has 2 atom stereocenters. The van der Waals surface area contributed by atoms with Crippen LogP contribution in [0.2, 0.25) is 0 Å². The van der Waals surface area contributed by atoms with Gasteiger partial charge in [0.2, 0.25) is 0 Å². The Bertz CT molecular complexity index is 358. The van der Waals surface area contributed by atoms with E-state index in [9.17, 15) is 8.78 Å². The quantitative estimate of drug-likeness (QED) is 0.848. The van der Waals surface area contributed by atoms with Gasteiger partial charge in [-0.1, -0.05) is 25.8 Å². The number of nitrogens with one attached hydrogen (secondary N) is 1. The Morgan fingerprint density at radius 2 is 1.94 bits per heavy atom. The number of rotatable bonds is 4. The lowest BCUT2D eigenvalue weighted by molar-refractivity contribution is 0.388. The first kappa shape index (κ1) is 12.5. The number of hydrogen-bond donors (Lipinski definition) is 1. The van der Waals surface area contributed by atoms with Crippen LogP contribution < -0.4 is 5.32 Å². The summed E-state index contributed by atoms with van der Waals surface area (Å²) in [5.74, 6) is 0.465. The van der Waals surface area contributed by atoms with Gasteiger partial charge in [-0.05, 0) is 36.9 Å². The zero-order valence-corrected chi connectivity index (χ0v) is 10.2. The Kier molecular flexibility index (Phi) is 4.11. The fourth-order valence-electron chi connectivity index (χ4n) is 2.61. The minimum atomic E-state index is -0.461. The molecule has 1 N–H and O–H groups in total. The van der Waals surface area contributed by atoms with Crippen LogP contribution in [0.5, 0.6) is 0 Å². The van der Waals surface area contributed by atoms with E-state index in [0.29, 0.717) is 5.92 Å². The van der Waals surface area contributed by atoms with Gasteiger partial charge in [0.25, 0.3) is 0 Å². The van der Waals surface area contributed by atoms with Crippen molar-refractivity contribution in [3.05, 3.63) is 35.4 Å². The summed E-state index contributed by atoms with van der Waals surface area (Å²) in [6, 6.07) is 4.00. The van der Waals surface area contributed by atoms with Crippen LogP contribution >= 0.6 is 0 Å². The molecule has 1 saturated carbocycles. The summed E-state index contributed by atoms with van der Waals surface area (Å²) in [4.78, 5) is 0. The first-order valence-corrected chi connectivity index (χ1v) is 6.32. The maximum Gasteiger partial charge on any atom is 0.130 e. The zero-order valence-electron chi connectivity index (χ0n) is 10.2. The first-order valence-electron chi connectivity index (χ1n) is 6.32. The van der Waals surface area contributed by atoms with E-state index in [2.05, 4.69) is 12.2 Å². The van der Waals surface area contributed by atoms with Gasteiger partial charge in [-0.3, -0.25) is 0 Å². The fraction of sp³-hybridized carbons (Fsp3) is 0.571. The van der Waals surface area contributed by atoms with Crippen molar-refractivity contribution in [3.8, 4) is 0 Å². The monoisotopic (exact) mass is 239 g/mol. The van der Waals surface area contributed by atoms with Crippen LogP contribution in [-0.2, 0) is 6.54 Å². The SMILES string of the molecule is CC1CCCC1CNCc1c(F)cccc1F. The maximum atomic E-state index is 13.3. The van der Waals surface area contributed by atoms with Crippen LogP contribution in [0.4, 0.5) is 8.78 Å². The molecular formula is C14H19F2N. The van der Waals surface area contributed by atoms with Gasteiger partial charge in [0, 0.05) is 12.1 Å². The summed E-state index contributed by atoms with van der Waals surface area (Å²) in [5.41, 5.74) is 0.151. The van der Waals surface area contributed by atoms with Gasteiger partial charge < -0.3 is 5.32 Å². The van der Waals surface area contributed by atoms with E-state index in [-0.39, 0.29) is 12.1 Å². The van der Waals surface area contributed by atoms with Crippen LogP contribution in [0.15, 0.2) is 18.2 Å². The van der Waals surface area contributed by atoms with E-state index in [0.717, 1.165) is 12.5 Å². The van der Waals surface area contributed by atoms with Crippen LogP contribution in [-0.4, -0.2) is 6.54 Å². The lowest BCUT2D eigenvalue weighted by atomic mass is 9.98. The first-order chi connectivity index (χ1) is 8.18. The Balaban J connectivity index is 1.86. The lowest BCUT2D eigenvalue weighted by Crippen LogP contribution is -2.24. The van der Waals surface area contributed by atoms with Gasteiger partial charge in [0.05, 0.1) is 0 Å². The molecule has 0 amide bonds. The molecule has 1 aromatic rings. The Morgan fingerprint density at radius 3 is 2.53 bits per heavy atom. The van der Waals surface area contributed by atoms with Crippen molar-refractivity contribution in [2.24, 2.45) is 11.8 Å². The van der Waals surface area contributed by atoms with E-state index < -0.39 is 11.6 Å². The molecule has 2 unspecified atom stereocenters. The van der Waals surface area contributed by atoms with E-state index >= 15 is 0 Å². The van der Waals surface area contributed by atoms with Gasteiger partial charge >= 0.3 is 0 Å². The minimum absolute atomic E-state index is 0.151. The van der Waals surface area contributed by atoms with Crippen molar-refractivity contribution in [3.63, 3.8) is 0 Å². The zero-order chi connectivity index (χ0) is 12.3. The second kappa shape index (κ2) is 5.58. The van der Waals surface area contributed by atoms with Crippen molar-refractivity contribution in [1.29, 1.82) is 0 Å². The highest BCUT2D eigenvalue weighted by molar-refractivity contribution is 5.19. The molecule has 1 aliphatic carbocycles. The third-order valence-corrected chi connectivity index (χ3v) is 3.81. The highest BCUT2D eigenvalue weighted by Gasteiger charge is 2.22. The standard InChI is InChI=1S/C14H19F2N/c1-10-4-2-5-11(10)8-17-9-12-13(15)6-3-7-14(12)16/h3,6-7,10-11,17H,2,4-5,8-9H2,1H3.